The molecule has 3 nitrogen and oxygen atoms in total. The molecule has 0 spiro atoms. The lowest BCUT2D eigenvalue weighted by molar-refractivity contribution is -0.198. The van der Waals surface area contributed by atoms with Crippen LogP contribution in [0.5, 0.6) is 0 Å². The maximum absolute atomic E-state index is 9.85. The van der Waals surface area contributed by atoms with Gasteiger partial charge in [0.25, 0.3) is 0 Å². The zero-order chi connectivity index (χ0) is 31.7. The minimum absolute atomic E-state index is 0.216. The molecule has 0 amide bonds. The summed E-state index contributed by atoms with van der Waals surface area (Å²) < 4.78 is 15.0. The molecule has 11 atom stereocenters. The molecule has 0 saturated heterocycles. The van der Waals surface area contributed by atoms with Crippen molar-refractivity contribution in [3.8, 4) is 0 Å². The lowest BCUT2D eigenvalue weighted by Crippen LogP contribution is -2.65. The maximum atomic E-state index is 9.85. The van der Waals surface area contributed by atoms with Crippen LogP contribution < -0.4 is 0 Å². The van der Waals surface area contributed by atoms with E-state index >= 15 is 0 Å². The monoisotopic (exact) mass is 621 g/mol. The second-order valence-electron chi connectivity index (χ2n) is 19.3. The zero-order valence-electron chi connectivity index (χ0n) is 30.5. The molecular formula is C37H72O3Si2. The van der Waals surface area contributed by atoms with Crippen LogP contribution in [0, 0.1) is 52.3 Å². The van der Waals surface area contributed by atoms with E-state index in [1.54, 1.807) is 0 Å². The molecule has 0 heterocycles. The number of aliphatic hydroxyl groups excluding tert-OH is 1. The second-order valence-corrected chi connectivity index (χ2v) is 28.8. The summed E-state index contributed by atoms with van der Waals surface area (Å²) in [5.41, 5.74) is 0.775. The van der Waals surface area contributed by atoms with E-state index in [-0.39, 0.29) is 10.1 Å². The van der Waals surface area contributed by atoms with E-state index in [1.165, 1.54) is 51.4 Å². The zero-order valence-corrected chi connectivity index (χ0v) is 32.5. The van der Waals surface area contributed by atoms with Crippen molar-refractivity contribution in [3.63, 3.8) is 0 Å². The Morgan fingerprint density at radius 1 is 0.786 bits per heavy atom. The number of aliphatic hydroxyl groups is 1. The Bertz CT molecular complexity index is 934. The third kappa shape index (κ3) is 5.95. The highest BCUT2D eigenvalue weighted by Gasteiger charge is 2.66. The molecule has 5 heteroatoms. The minimum atomic E-state index is -1.96. The quantitative estimate of drug-likeness (QED) is 0.274. The Morgan fingerprint density at radius 3 is 1.88 bits per heavy atom. The highest BCUT2D eigenvalue weighted by Crippen LogP contribution is 2.70. The van der Waals surface area contributed by atoms with Gasteiger partial charge >= 0.3 is 0 Å². The molecule has 0 aromatic rings. The van der Waals surface area contributed by atoms with E-state index in [0.717, 1.165) is 24.2 Å². The fourth-order valence-electron chi connectivity index (χ4n) is 10.7. The highest BCUT2D eigenvalue weighted by atomic mass is 28.4. The van der Waals surface area contributed by atoms with Gasteiger partial charge < -0.3 is 14.0 Å². The number of rotatable bonds is 8. The van der Waals surface area contributed by atoms with E-state index in [9.17, 15) is 5.11 Å². The van der Waals surface area contributed by atoms with Crippen molar-refractivity contribution >= 4 is 16.6 Å². The van der Waals surface area contributed by atoms with Crippen molar-refractivity contribution in [2.24, 2.45) is 52.3 Å². The van der Waals surface area contributed by atoms with Gasteiger partial charge in [-0.25, -0.2) is 0 Å². The standard InChI is InChI=1S/C37H72O3Si2/c1-15-27-31-24-26(39-41(11,12)34(3,4)5)18-21-37(31,10)30-19-22-36(9)28(25(2)20-23-38)16-17-29(36)32(30)33(27)40-42(13,14)35(6,7)8/h25-33,38H,15-24H2,1-14H3/t25-,26?,27-,28-,29?,30?,31?,32?,33?,36-,37-/m1/s1. The third-order valence-corrected chi connectivity index (χ3v) is 24.2. The summed E-state index contributed by atoms with van der Waals surface area (Å²) >= 11 is 0. The molecular weight excluding hydrogens is 549 g/mol. The largest absolute Gasteiger partial charge is 0.414 e. The molecule has 6 unspecified atom stereocenters. The smallest absolute Gasteiger partial charge is 0.192 e. The molecule has 4 aliphatic carbocycles. The predicted molar refractivity (Wildman–Crippen MR) is 185 cm³/mol. The summed E-state index contributed by atoms with van der Waals surface area (Å²) in [7, 11) is -3.78. The molecule has 4 aliphatic rings. The Labute approximate surface area is 264 Å². The van der Waals surface area contributed by atoms with Crippen LogP contribution in [0.25, 0.3) is 0 Å². The minimum Gasteiger partial charge on any atom is -0.414 e. The molecule has 0 radical (unpaired) electrons. The Balaban J connectivity index is 1.75. The van der Waals surface area contributed by atoms with Gasteiger partial charge in [-0.2, -0.15) is 0 Å². The first kappa shape index (κ1) is 35.2. The van der Waals surface area contributed by atoms with Crippen molar-refractivity contribution in [3.05, 3.63) is 0 Å². The molecule has 246 valence electrons. The molecule has 4 rings (SSSR count). The molecule has 42 heavy (non-hydrogen) atoms. The van der Waals surface area contributed by atoms with Crippen molar-refractivity contribution < 1.29 is 14.0 Å². The van der Waals surface area contributed by atoms with E-state index in [2.05, 4.69) is 95.4 Å². The average molecular weight is 621 g/mol. The van der Waals surface area contributed by atoms with E-state index in [0.29, 0.717) is 53.3 Å². The SMILES string of the molecule is CC[C@H]1C(O[Si](C)(C)C(C)(C)C)C2C(CC[C@@]3(C)C2CC[C@@H]3[C@H](C)CCO)[C@@]2(C)CCC(O[Si](C)(C)C(C)(C)C)CC12. The van der Waals surface area contributed by atoms with Crippen molar-refractivity contribution in [2.45, 2.75) is 175 Å². The molecule has 0 aromatic heterocycles. The Morgan fingerprint density at radius 2 is 1.33 bits per heavy atom. The lowest BCUT2D eigenvalue weighted by atomic mass is 9.41. The summed E-state index contributed by atoms with van der Waals surface area (Å²) in [6, 6.07) is 0. The average Bonchev–Trinajstić information content (AvgIpc) is 3.20. The van der Waals surface area contributed by atoms with Crippen LogP contribution in [0.1, 0.15) is 127 Å². The van der Waals surface area contributed by atoms with E-state index < -0.39 is 16.6 Å². The second kappa shape index (κ2) is 11.8. The molecule has 0 bridgehead atoms. The number of fused-ring (bicyclic) bond motifs is 5. The lowest BCUT2D eigenvalue weighted by Gasteiger charge is -2.66. The number of hydrogen-bond donors (Lipinski definition) is 1. The molecule has 4 saturated carbocycles. The van der Waals surface area contributed by atoms with E-state index in [1.807, 2.05) is 0 Å². The van der Waals surface area contributed by atoms with Crippen LogP contribution in [0.4, 0.5) is 0 Å². The van der Waals surface area contributed by atoms with Gasteiger partial charge in [-0.1, -0.05) is 75.7 Å². The van der Waals surface area contributed by atoms with Gasteiger partial charge in [0.15, 0.2) is 16.6 Å². The van der Waals surface area contributed by atoms with Crippen LogP contribution >= 0.6 is 0 Å². The molecule has 4 fully saturated rings. The summed E-state index contributed by atoms with van der Waals surface area (Å²) in [6.45, 7) is 35.0. The Hall–Kier alpha value is 0.314. The normalized spacial score (nSPS) is 42.1. The summed E-state index contributed by atoms with van der Waals surface area (Å²) in [5.74, 6) is 4.85. The van der Waals surface area contributed by atoms with Crippen LogP contribution in [0.2, 0.25) is 36.3 Å². The first-order valence-electron chi connectivity index (χ1n) is 18.1. The highest BCUT2D eigenvalue weighted by molar-refractivity contribution is 6.74. The summed E-state index contributed by atoms with van der Waals surface area (Å²) in [6.07, 6.45) is 12.2. The molecule has 1 N–H and O–H groups in total. The molecule has 0 aliphatic heterocycles. The first-order valence-corrected chi connectivity index (χ1v) is 23.9. The maximum Gasteiger partial charge on any atom is 0.192 e. The Kier molecular flexibility index (Phi) is 9.91. The van der Waals surface area contributed by atoms with Crippen LogP contribution in [-0.2, 0) is 8.85 Å². The fourth-order valence-corrected chi connectivity index (χ4v) is 13.4. The summed E-state index contributed by atoms with van der Waals surface area (Å²) in [5, 5.41) is 10.3. The van der Waals surface area contributed by atoms with Gasteiger partial charge in [-0.3, -0.25) is 0 Å². The molecule has 0 aromatic carbocycles. The number of hydrogen-bond acceptors (Lipinski definition) is 3. The van der Waals surface area contributed by atoms with Gasteiger partial charge in [0.1, 0.15) is 0 Å². The topological polar surface area (TPSA) is 38.7 Å². The van der Waals surface area contributed by atoms with Crippen LogP contribution in [0.3, 0.4) is 0 Å². The predicted octanol–water partition coefficient (Wildman–Crippen LogP) is 10.7. The van der Waals surface area contributed by atoms with Crippen LogP contribution in [0.15, 0.2) is 0 Å². The van der Waals surface area contributed by atoms with Gasteiger partial charge in [0.05, 0.1) is 6.10 Å². The van der Waals surface area contributed by atoms with Gasteiger partial charge in [-0.05, 0) is 140 Å². The van der Waals surface area contributed by atoms with Crippen molar-refractivity contribution in [1.29, 1.82) is 0 Å². The van der Waals surface area contributed by atoms with E-state index in [4.69, 9.17) is 8.85 Å². The van der Waals surface area contributed by atoms with Gasteiger partial charge in [0, 0.05) is 12.7 Å². The first-order chi connectivity index (χ1) is 19.1. The van der Waals surface area contributed by atoms with Gasteiger partial charge in [-0.15, -0.1) is 0 Å². The third-order valence-electron chi connectivity index (χ3n) is 15.2. The van der Waals surface area contributed by atoms with Crippen molar-refractivity contribution in [1.82, 2.24) is 0 Å². The van der Waals surface area contributed by atoms with Crippen molar-refractivity contribution in [2.75, 3.05) is 6.61 Å². The fraction of sp³-hybridized carbons (Fsp3) is 1.00. The summed E-state index contributed by atoms with van der Waals surface area (Å²) in [4.78, 5) is 0. The van der Waals surface area contributed by atoms with Crippen LogP contribution in [-0.4, -0.2) is 40.6 Å². The van der Waals surface area contributed by atoms with Gasteiger partial charge in [0.2, 0.25) is 0 Å².